The van der Waals surface area contributed by atoms with Crippen molar-refractivity contribution in [2.75, 3.05) is 56.7 Å². The van der Waals surface area contributed by atoms with E-state index in [1.54, 1.807) is 23.9 Å². The number of aromatic nitrogens is 3. The van der Waals surface area contributed by atoms with E-state index in [0.29, 0.717) is 31.8 Å². The SMILES string of the molecule is Cl.Cl.Cn1c(SCCCN2C[C@H]3CCN(c4ccc(C(F)(F)F)cc4)[C@H]3C2)nnc1[C@H]1COCCO1. The summed E-state index contributed by atoms with van der Waals surface area (Å²) in [5.41, 5.74) is 0.301. The highest BCUT2D eigenvalue weighted by Crippen LogP contribution is 2.37. The van der Waals surface area contributed by atoms with Gasteiger partial charge in [-0.25, -0.2) is 0 Å². The molecule has 3 aliphatic rings. The number of ether oxygens (including phenoxy) is 2. The Kier molecular flexibility index (Phi) is 10.2. The van der Waals surface area contributed by atoms with Gasteiger partial charge in [0.25, 0.3) is 0 Å². The standard InChI is InChI=1S/C23H30F3N5O2S.2ClH/c1-29-21(20-15-32-10-11-33-20)27-28-22(29)34-12-2-8-30-13-16-7-9-31(19(16)14-30)18-5-3-17(4-6-18)23(24,25)26;;/h3-6,16,19-20H,2,7-15H2,1H3;2*1H/t16-,19+,20-;;/m1../s1. The van der Waals surface area contributed by atoms with Crippen LogP contribution >= 0.6 is 36.6 Å². The van der Waals surface area contributed by atoms with Crippen LogP contribution in [0.15, 0.2) is 29.4 Å². The third kappa shape index (κ3) is 6.42. The van der Waals surface area contributed by atoms with Crippen molar-refractivity contribution in [3.05, 3.63) is 35.7 Å². The number of nitrogens with zero attached hydrogens (tertiary/aromatic N) is 5. The summed E-state index contributed by atoms with van der Waals surface area (Å²) in [6.07, 6.45) is -2.32. The fraction of sp³-hybridized carbons (Fsp3) is 0.652. The molecular formula is C23H32Cl2F3N5O2S. The Bertz CT molecular complexity index is 976. The Hall–Kier alpha value is -1.24. The number of rotatable bonds is 7. The van der Waals surface area contributed by atoms with Crippen LogP contribution in [-0.4, -0.2) is 77.5 Å². The van der Waals surface area contributed by atoms with Gasteiger partial charge in [0.15, 0.2) is 11.0 Å². The second-order valence-electron chi connectivity index (χ2n) is 9.15. The molecule has 0 saturated carbocycles. The Morgan fingerprint density at radius 3 is 2.56 bits per heavy atom. The molecule has 1 aromatic carbocycles. The summed E-state index contributed by atoms with van der Waals surface area (Å²) < 4.78 is 51.9. The van der Waals surface area contributed by atoms with E-state index in [-0.39, 0.29) is 30.9 Å². The van der Waals surface area contributed by atoms with Crippen LogP contribution in [0.1, 0.15) is 30.3 Å². The molecule has 3 fully saturated rings. The zero-order valence-corrected chi connectivity index (χ0v) is 22.5. The number of fused-ring (bicyclic) bond motifs is 1. The lowest BCUT2D eigenvalue weighted by molar-refractivity contribution is -0.137. The summed E-state index contributed by atoms with van der Waals surface area (Å²) in [5, 5.41) is 9.51. The molecule has 2 aromatic rings. The molecule has 0 bridgehead atoms. The zero-order chi connectivity index (χ0) is 23.7. The predicted octanol–water partition coefficient (Wildman–Crippen LogP) is 4.46. The lowest BCUT2D eigenvalue weighted by Crippen LogP contribution is -2.35. The van der Waals surface area contributed by atoms with Crippen LogP contribution in [0, 0.1) is 5.92 Å². The molecule has 13 heteroatoms. The smallest absolute Gasteiger partial charge is 0.376 e. The third-order valence-corrected chi connectivity index (χ3v) is 8.08. The first-order chi connectivity index (χ1) is 16.4. The normalized spacial score (nSPS) is 24.3. The van der Waals surface area contributed by atoms with Crippen molar-refractivity contribution in [2.24, 2.45) is 13.0 Å². The second kappa shape index (κ2) is 12.5. The van der Waals surface area contributed by atoms with E-state index in [4.69, 9.17) is 9.47 Å². The number of hydrogen-bond donors (Lipinski definition) is 0. The molecule has 7 nitrogen and oxygen atoms in total. The summed E-state index contributed by atoms with van der Waals surface area (Å²) in [7, 11) is 1.97. The summed E-state index contributed by atoms with van der Waals surface area (Å²) in [6, 6.07) is 5.99. The summed E-state index contributed by atoms with van der Waals surface area (Å²) in [5.74, 6) is 2.33. The van der Waals surface area contributed by atoms with Crippen molar-refractivity contribution in [2.45, 2.75) is 36.3 Å². The van der Waals surface area contributed by atoms with Crippen LogP contribution in [-0.2, 0) is 22.7 Å². The molecule has 4 heterocycles. The summed E-state index contributed by atoms with van der Waals surface area (Å²) in [6.45, 7) is 5.64. The molecule has 0 aliphatic carbocycles. The molecule has 3 aliphatic heterocycles. The van der Waals surface area contributed by atoms with Crippen LogP contribution in [0.25, 0.3) is 0 Å². The molecule has 3 atom stereocenters. The van der Waals surface area contributed by atoms with E-state index < -0.39 is 11.7 Å². The minimum absolute atomic E-state index is 0. The Labute approximate surface area is 225 Å². The third-order valence-electron chi connectivity index (χ3n) is 6.97. The van der Waals surface area contributed by atoms with Crippen LogP contribution in [0.3, 0.4) is 0 Å². The molecule has 1 aromatic heterocycles. The first-order valence-electron chi connectivity index (χ1n) is 11.8. The second-order valence-corrected chi connectivity index (χ2v) is 10.2. The van der Waals surface area contributed by atoms with E-state index in [1.807, 2.05) is 11.6 Å². The number of thioether (sulfide) groups is 1. The topological polar surface area (TPSA) is 55.7 Å². The number of alkyl halides is 3. The zero-order valence-electron chi connectivity index (χ0n) is 20.0. The molecule has 202 valence electrons. The molecule has 0 N–H and O–H groups in total. The maximum Gasteiger partial charge on any atom is 0.416 e. The van der Waals surface area contributed by atoms with Gasteiger partial charge < -0.3 is 23.8 Å². The Morgan fingerprint density at radius 2 is 1.86 bits per heavy atom. The molecule has 0 amide bonds. The molecule has 0 unspecified atom stereocenters. The van der Waals surface area contributed by atoms with E-state index in [1.165, 1.54) is 12.1 Å². The number of anilines is 1. The Balaban J connectivity index is 0.00000180. The van der Waals surface area contributed by atoms with Gasteiger partial charge in [-0.15, -0.1) is 35.0 Å². The number of benzene rings is 1. The van der Waals surface area contributed by atoms with Crippen molar-refractivity contribution < 1.29 is 22.6 Å². The first kappa shape index (κ1) is 29.3. The largest absolute Gasteiger partial charge is 0.416 e. The van der Waals surface area contributed by atoms with Gasteiger partial charge in [-0.05, 0) is 49.6 Å². The molecular weight excluding hydrogens is 538 g/mol. The van der Waals surface area contributed by atoms with Crippen molar-refractivity contribution in [1.29, 1.82) is 0 Å². The highest BCUT2D eigenvalue weighted by molar-refractivity contribution is 7.99. The van der Waals surface area contributed by atoms with Crippen LogP contribution in [0.5, 0.6) is 0 Å². The van der Waals surface area contributed by atoms with Gasteiger partial charge in [0.05, 0.1) is 25.4 Å². The number of hydrogen-bond acceptors (Lipinski definition) is 7. The predicted molar refractivity (Wildman–Crippen MR) is 137 cm³/mol. The fourth-order valence-corrected chi connectivity index (χ4v) is 6.06. The van der Waals surface area contributed by atoms with Gasteiger partial charge in [-0.3, -0.25) is 0 Å². The lowest BCUT2D eigenvalue weighted by atomic mass is 10.0. The molecule has 3 saturated heterocycles. The van der Waals surface area contributed by atoms with Crippen molar-refractivity contribution >= 4 is 42.3 Å². The van der Waals surface area contributed by atoms with E-state index >= 15 is 0 Å². The maximum absolute atomic E-state index is 12.9. The van der Waals surface area contributed by atoms with Crippen molar-refractivity contribution in [3.63, 3.8) is 0 Å². The lowest BCUT2D eigenvalue weighted by Gasteiger charge is -2.27. The van der Waals surface area contributed by atoms with Gasteiger partial charge in [-0.1, -0.05) is 11.8 Å². The van der Waals surface area contributed by atoms with Crippen LogP contribution < -0.4 is 4.90 Å². The van der Waals surface area contributed by atoms with Gasteiger partial charge >= 0.3 is 6.18 Å². The summed E-state index contributed by atoms with van der Waals surface area (Å²) >= 11 is 1.70. The minimum Gasteiger partial charge on any atom is -0.376 e. The average Bonchev–Trinajstić information content (AvgIpc) is 3.51. The van der Waals surface area contributed by atoms with E-state index in [9.17, 15) is 13.2 Å². The van der Waals surface area contributed by atoms with Gasteiger partial charge in [-0.2, -0.15) is 13.2 Å². The molecule has 5 rings (SSSR count). The van der Waals surface area contributed by atoms with Crippen LogP contribution in [0.4, 0.5) is 18.9 Å². The molecule has 0 spiro atoms. The van der Waals surface area contributed by atoms with E-state index in [0.717, 1.165) is 61.4 Å². The van der Waals surface area contributed by atoms with Gasteiger partial charge in [0.1, 0.15) is 6.10 Å². The highest BCUT2D eigenvalue weighted by atomic mass is 35.5. The fourth-order valence-electron chi connectivity index (χ4n) is 5.21. The molecule has 36 heavy (non-hydrogen) atoms. The molecule has 0 radical (unpaired) electrons. The average molecular weight is 571 g/mol. The minimum atomic E-state index is -4.29. The Morgan fingerprint density at radius 1 is 1.08 bits per heavy atom. The van der Waals surface area contributed by atoms with E-state index in [2.05, 4.69) is 20.0 Å². The highest BCUT2D eigenvalue weighted by Gasteiger charge is 2.41. The van der Waals surface area contributed by atoms with Crippen molar-refractivity contribution in [3.8, 4) is 0 Å². The summed E-state index contributed by atoms with van der Waals surface area (Å²) in [4.78, 5) is 4.78. The van der Waals surface area contributed by atoms with Crippen molar-refractivity contribution in [1.82, 2.24) is 19.7 Å². The number of halogens is 5. The first-order valence-corrected chi connectivity index (χ1v) is 12.8. The maximum atomic E-state index is 12.9. The van der Waals surface area contributed by atoms with Gasteiger partial charge in [0.2, 0.25) is 0 Å². The monoisotopic (exact) mass is 569 g/mol. The number of likely N-dealkylation sites (tertiary alicyclic amines) is 1. The quantitative estimate of drug-likeness (QED) is 0.360. The van der Waals surface area contributed by atoms with Gasteiger partial charge in [0, 0.05) is 44.2 Å². The van der Waals surface area contributed by atoms with Crippen LogP contribution in [0.2, 0.25) is 0 Å².